The molecular formula is C28H25F3N2O3. The summed E-state index contributed by atoms with van der Waals surface area (Å²) in [6.07, 6.45) is 3.76. The van der Waals surface area contributed by atoms with E-state index in [9.17, 15) is 23.1 Å². The third-order valence-electron chi connectivity index (χ3n) is 6.75. The Morgan fingerprint density at radius 3 is 2.31 bits per heavy atom. The van der Waals surface area contributed by atoms with Gasteiger partial charge in [-0.25, -0.2) is 18.2 Å². The molecular weight excluding hydrogens is 469 g/mol. The van der Waals surface area contributed by atoms with E-state index >= 15 is 0 Å². The lowest BCUT2D eigenvalue weighted by Gasteiger charge is -2.22. The van der Waals surface area contributed by atoms with Crippen LogP contribution in [-0.4, -0.2) is 20.8 Å². The molecule has 0 unspecified atom stereocenters. The summed E-state index contributed by atoms with van der Waals surface area (Å²) in [6.45, 7) is 3.44. The standard InChI is InChI=1S/C28H25F3N2O3/c1-15-11-20(30)12-16(2)26(15)33-14-18(5-10-24(33)35)25-27(22-9-6-19(29)13-23(22)31)36-28(32-25)17-3-7-21(34)8-4-17/h5-6,9-14,17,21,34H,3-4,7-8H2,1-2H3. The Morgan fingerprint density at radius 1 is 0.944 bits per heavy atom. The Labute approximate surface area is 205 Å². The van der Waals surface area contributed by atoms with E-state index in [4.69, 9.17) is 9.40 Å². The van der Waals surface area contributed by atoms with Crippen molar-refractivity contribution in [2.45, 2.75) is 51.6 Å². The van der Waals surface area contributed by atoms with Gasteiger partial charge in [-0.05, 0) is 81.0 Å². The first kappa shape index (κ1) is 24.1. The van der Waals surface area contributed by atoms with Crippen molar-refractivity contribution >= 4 is 0 Å². The molecule has 5 rings (SSSR count). The van der Waals surface area contributed by atoms with Crippen molar-refractivity contribution in [3.05, 3.63) is 93.5 Å². The third kappa shape index (κ3) is 4.48. The predicted molar refractivity (Wildman–Crippen MR) is 130 cm³/mol. The number of oxazole rings is 1. The maximum atomic E-state index is 14.8. The van der Waals surface area contributed by atoms with Gasteiger partial charge in [0.2, 0.25) is 0 Å². The van der Waals surface area contributed by atoms with Crippen LogP contribution in [0.5, 0.6) is 0 Å². The van der Waals surface area contributed by atoms with Gasteiger partial charge in [0.15, 0.2) is 11.7 Å². The van der Waals surface area contributed by atoms with Gasteiger partial charge < -0.3 is 9.52 Å². The van der Waals surface area contributed by atoms with E-state index in [1.807, 2.05) is 0 Å². The van der Waals surface area contributed by atoms with Crippen LogP contribution in [-0.2, 0) is 0 Å². The largest absolute Gasteiger partial charge is 0.440 e. The Bertz CT molecular complexity index is 1480. The van der Waals surface area contributed by atoms with E-state index < -0.39 is 17.5 Å². The first-order valence-corrected chi connectivity index (χ1v) is 11.9. The highest BCUT2D eigenvalue weighted by atomic mass is 19.1. The zero-order chi connectivity index (χ0) is 25.6. The molecule has 186 valence electrons. The molecule has 4 aromatic rings. The quantitative estimate of drug-likeness (QED) is 0.366. The van der Waals surface area contributed by atoms with Crippen molar-refractivity contribution in [3.63, 3.8) is 0 Å². The minimum atomic E-state index is -0.795. The summed E-state index contributed by atoms with van der Waals surface area (Å²) in [6, 6.07) is 8.88. The second-order valence-corrected chi connectivity index (χ2v) is 9.37. The zero-order valence-electron chi connectivity index (χ0n) is 19.9. The maximum Gasteiger partial charge on any atom is 0.255 e. The van der Waals surface area contributed by atoms with Crippen LogP contribution in [0.15, 0.2) is 57.9 Å². The van der Waals surface area contributed by atoms with Crippen molar-refractivity contribution in [2.24, 2.45) is 0 Å². The van der Waals surface area contributed by atoms with Gasteiger partial charge >= 0.3 is 0 Å². The molecule has 0 amide bonds. The molecule has 2 heterocycles. The van der Waals surface area contributed by atoms with Crippen LogP contribution in [0.25, 0.3) is 28.3 Å². The molecule has 0 radical (unpaired) electrons. The van der Waals surface area contributed by atoms with E-state index in [1.165, 1.54) is 28.8 Å². The molecule has 0 spiro atoms. The van der Waals surface area contributed by atoms with Crippen molar-refractivity contribution in [2.75, 3.05) is 0 Å². The number of halogens is 3. The van der Waals surface area contributed by atoms with Gasteiger partial charge in [0, 0.05) is 29.8 Å². The average molecular weight is 495 g/mol. The van der Waals surface area contributed by atoms with Gasteiger partial charge in [-0.3, -0.25) is 9.36 Å². The summed E-state index contributed by atoms with van der Waals surface area (Å²) in [7, 11) is 0. The number of aromatic nitrogens is 2. The highest BCUT2D eigenvalue weighted by Gasteiger charge is 2.28. The van der Waals surface area contributed by atoms with Crippen LogP contribution in [0, 0.1) is 31.3 Å². The summed E-state index contributed by atoms with van der Waals surface area (Å²) >= 11 is 0. The molecule has 0 bridgehead atoms. The minimum Gasteiger partial charge on any atom is -0.440 e. The molecule has 1 saturated carbocycles. The summed E-state index contributed by atoms with van der Waals surface area (Å²) in [5.74, 6) is -1.43. The van der Waals surface area contributed by atoms with Gasteiger partial charge in [-0.1, -0.05) is 0 Å². The van der Waals surface area contributed by atoms with Crippen LogP contribution < -0.4 is 5.56 Å². The summed E-state index contributed by atoms with van der Waals surface area (Å²) in [4.78, 5) is 17.5. The smallest absolute Gasteiger partial charge is 0.255 e. The Balaban J connectivity index is 1.68. The van der Waals surface area contributed by atoms with E-state index in [-0.39, 0.29) is 28.9 Å². The molecule has 1 N–H and O–H groups in total. The average Bonchev–Trinajstić information content (AvgIpc) is 3.25. The number of rotatable bonds is 4. The van der Waals surface area contributed by atoms with Crippen LogP contribution >= 0.6 is 0 Å². The lowest BCUT2D eigenvalue weighted by atomic mass is 9.87. The molecule has 2 aromatic heterocycles. The van der Waals surface area contributed by atoms with Gasteiger partial charge in [-0.15, -0.1) is 0 Å². The van der Waals surface area contributed by atoms with Crippen LogP contribution in [0.1, 0.15) is 48.6 Å². The first-order valence-electron chi connectivity index (χ1n) is 11.9. The molecule has 2 aromatic carbocycles. The van der Waals surface area contributed by atoms with Gasteiger partial charge in [0.1, 0.15) is 23.1 Å². The van der Waals surface area contributed by atoms with Gasteiger partial charge in [0.25, 0.3) is 5.56 Å². The molecule has 0 atom stereocenters. The maximum absolute atomic E-state index is 14.8. The molecule has 1 aliphatic carbocycles. The number of hydrogen-bond donors (Lipinski definition) is 1. The SMILES string of the molecule is Cc1cc(F)cc(C)c1-n1cc(-c2nc(C3CCC(O)CC3)oc2-c2ccc(F)cc2F)ccc1=O. The van der Waals surface area contributed by atoms with Crippen LogP contribution in [0.3, 0.4) is 0 Å². The molecule has 36 heavy (non-hydrogen) atoms. The van der Waals surface area contributed by atoms with E-state index in [0.717, 1.165) is 12.1 Å². The van der Waals surface area contributed by atoms with Crippen molar-refractivity contribution in [1.29, 1.82) is 0 Å². The highest BCUT2D eigenvalue weighted by molar-refractivity contribution is 5.77. The van der Waals surface area contributed by atoms with E-state index in [1.54, 1.807) is 26.1 Å². The Morgan fingerprint density at radius 2 is 1.64 bits per heavy atom. The lowest BCUT2D eigenvalue weighted by molar-refractivity contribution is 0.118. The summed E-state index contributed by atoms with van der Waals surface area (Å²) < 4.78 is 49.9. The predicted octanol–water partition coefficient (Wildman–Crippen LogP) is 6.21. The number of aryl methyl sites for hydroxylation is 2. The molecule has 1 aliphatic rings. The van der Waals surface area contributed by atoms with E-state index in [0.29, 0.717) is 59.6 Å². The minimum absolute atomic E-state index is 0.0490. The normalized spacial score (nSPS) is 17.9. The van der Waals surface area contributed by atoms with Crippen LogP contribution in [0.2, 0.25) is 0 Å². The fraction of sp³-hybridized carbons (Fsp3) is 0.286. The molecule has 8 heteroatoms. The van der Waals surface area contributed by atoms with E-state index in [2.05, 4.69) is 0 Å². The topological polar surface area (TPSA) is 68.3 Å². The van der Waals surface area contributed by atoms with Crippen molar-refractivity contribution < 1.29 is 22.7 Å². The number of nitrogens with zero attached hydrogens (tertiary/aromatic N) is 2. The summed E-state index contributed by atoms with van der Waals surface area (Å²) in [5, 5.41) is 9.89. The number of hydrogen-bond acceptors (Lipinski definition) is 4. The monoisotopic (exact) mass is 494 g/mol. The first-order chi connectivity index (χ1) is 17.2. The fourth-order valence-corrected chi connectivity index (χ4v) is 4.97. The molecule has 0 saturated heterocycles. The molecule has 0 aliphatic heterocycles. The van der Waals surface area contributed by atoms with Gasteiger partial charge in [-0.2, -0.15) is 0 Å². The number of pyridine rings is 1. The Hall–Kier alpha value is -3.65. The second kappa shape index (κ2) is 9.43. The van der Waals surface area contributed by atoms with Crippen molar-refractivity contribution in [3.8, 4) is 28.3 Å². The number of aliphatic hydroxyl groups excluding tert-OH is 1. The number of aliphatic hydroxyl groups is 1. The number of benzene rings is 2. The van der Waals surface area contributed by atoms with Crippen molar-refractivity contribution in [1.82, 2.24) is 9.55 Å². The Kier molecular flexibility index (Phi) is 6.30. The lowest BCUT2D eigenvalue weighted by Crippen LogP contribution is -2.19. The molecule has 1 fully saturated rings. The second-order valence-electron chi connectivity index (χ2n) is 9.37. The fourth-order valence-electron chi connectivity index (χ4n) is 4.97. The zero-order valence-corrected chi connectivity index (χ0v) is 19.9. The molecule has 5 nitrogen and oxygen atoms in total. The van der Waals surface area contributed by atoms with Crippen LogP contribution in [0.4, 0.5) is 13.2 Å². The highest BCUT2D eigenvalue weighted by Crippen LogP contribution is 2.40. The third-order valence-corrected chi connectivity index (χ3v) is 6.75. The summed E-state index contributed by atoms with van der Waals surface area (Å²) in [5.41, 5.74) is 2.23. The van der Waals surface area contributed by atoms with Gasteiger partial charge in [0.05, 0.1) is 17.4 Å².